The Morgan fingerprint density at radius 1 is 1.23 bits per heavy atom. The van der Waals surface area contributed by atoms with Crippen LogP contribution in [0.2, 0.25) is 0 Å². The third-order valence-electron chi connectivity index (χ3n) is 6.32. The Balaban J connectivity index is 1.40. The molecule has 0 spiro atoms. The lowest BCUT2D eigenvalue weighted by Crippen LogP contribution is -2.38. The largest absolute Gasteiger partial charge is 0.431 e. The molecule has 0 bridgehead atoms. The quantitative estimate of drug-likeness (QED) is 0.695. The third kappa shape index (κ3) is 4.34. The lowest BCUT2D eigenvalue weighted by Gasteiger charge is -2.27. The number of fused-ring (bicyclic) bond motifs is 1. The van der Waals surface area contributed by atoms with Crippen LogP contribution in [0, 0.1) is 11.8 Å². The maximum atomic E-state index is 12.7. The van der Waals surface area contributed by atoms with Gasteiger partial charge >= 0.3 is 6.61 Å². The number of aliphatic hydroxyl groups is 1. The highest BCUT2D eigenvalue weighted by molar-refractivity contribution is 5.64. The molecular weight excluding hydrogens is 404 g/mol. The van der Waals surface area contributed by atoms with Gasteiger partial charge in [0.15, 0.2) is 11.6 Å². The fourth-order valence-electron chi connectivity index (χ4n) is 4.84. The van der Waals surface area contributed by atoms with E-state index in [1.807, 2.05) is 19.9 Å². The number of hydrogen-bond donors (Lipinski definition) is 2. The molecule has 2 aliphatic carbocycles. The summed E-state index contributed by atoms with van der Waals surface area (Å²) in [4.78, 5) is 15.9. The van der Waals surface area contributed by atoms with Gasteiger partial charge in [0.1, 0.15) is 5.82 Å². The van der Waals surface area contributed by atoms with E-state index in [1.54, 1.807) is 0 Å². The summed E-state index contributed by atoms with van der Waals surface area (Å²) >= 11 is 0. The van der Waals surface area contributed by atoms with Crippen LogP contribution in [-0.4, -0.2) is 56.8 Å². The average Bonchev–Trinajstić information content (AvgIpc) is 3.59. The summed E-state index contributed by atoms with van der Waals surface area (Å²) < 4.78 is 29.9. The molecule has 3 fully saturated rings. The Hall–Kier alpha value is -2.39. The zero-order valence-corrected chi connectivity index (χ0v) is 17.6. The number of alkyl halides is 2. The van der Waals surface area contributed by atoms with Crippen molar-refractivity contribution in [1.29, 1.82) is 0 Å². The SMILES string of the molecule is CC(C)(O)CN1C[C@@H]2[C@H](C1)[C@H]2c1cc(-c2cnc(N)c(OC(F)F)c2)nc(C2CC2)n1. The normalized spacial score (nSPS) is 25.7. The molecule has 9 heteroatoms. The van der Waals surface area contributed by atoms with Crippen molar-refractivity contribution < 1.29 is 18.6 Å². The van der Waals surface area contributed by atoms with Crippen molar-refractivity contribution in [2.45, 2.75) is 50.7 Å². The summed E-state index contributed by atoms with van der Waals surface area (Å²) in [5.74, 6) is 2.38. The summed E-state index contributed by atoms with van der Waals surface area (Å²) in [6.07, 6.45) is 3.67. The summed E-state index contributed by atoms with van der Waals surface area (Å²) in [6, 6.07) is 3.42. The summed E-state index contributed by atoms with van der Waals surface area (Å²) in [7, 11) is 0. The van der Waals surface area contributed by atoms with E-state index in [1.165, 1.54) is 12.3 Å². The molecule has 31 heavy (non-hydrogen) atoms. The number of halogens is 2. The number of pyridine rings is 1. The number of anilines is 1. The van der Waals surface area contributed by atoms with Crippen LogP contribution in [0.1, 0.15) is 50.0 Å². The molecular formula is C22H27F2N5O2. The maximum absolute atomic E-state index is 12.7. The van der Waals surface area contributed by atoms with E-state index in [0.29, 0.717) is 41.5 Å². The van der Waals surface area contributed by atoms with Gasteiger partial charge in [0.25, 0.3) is 0 Å². The van der Waals surface area contributed by atoms with Gasteiger partial charge < -0.3 is 15.6 Å². The van der Waals surface area contributed by atoms with E-state index < -0.39 is 12.2 Å². The number of aromatic nitrogens is 3. The first-order chi connectivity index (χ1) is 14.7. The fourth-order valence-corrected chi connectivity index (χ4v) is 4.84. The van der Waals surface area contributed by atoms with Crippen LogP contribution in [0.3, 0.4) is 0 Å². The Morgan fingerprint density at radius 2 is 1.94 bits per heavy atom. The van der Waals surface area contributed by atoms with Crippen molar-refractivity contribution in [3.63, 3.8) is 0 Å². The Bertz CT molecular complexity index is 980. The maximum Gasteiger partial charge on any atom is 0.387 e. The molecule has 2 aromatic rings. The Morgan fingerprint density at radius 3 is 2.55 bits per heavy atom. The van der Waals surface area contributed by atoms with Crippen LogP contribution >= 0.6 is 0 Å². The molecule has 5 rings (SSSR count). The van der Waals surface area contributed by atoms with Gasteiger partial charge in [0, 0.05) is 48.9 Å². The summed E-state index contributed by atoms with van der Waals surface area (Å²) in [5.41, 5.74) is 7.25. The van der Waals surface area contributed by atoms with Crippen LogP contribution in [0.25, 0.3) is 11.3 Å². The van der Waals surface area contributed by atoms with Crippen LogP contribution in [0.5, 0.6) is 5.75 Å². The molecule has 0 amide bonds. The number of ether oxygens (including phenoxy) is 1. The van der Waals surface area contributed by atoms with Gasteiger partial charge in [-0.1, -0.05) is 0 Å². The first-order valence-electron chi connectivity index (χ1n) is 10.7. The molecule has 7 nitrogen and oxygen atoms in total. The first-order valence-corrected chi connectivity index (χ1v) is 10.7. The number of likely N-dealkylation sites (tertiary alicyclic amines) is 1. The monoisotopic (exact) mass is 431 g/mol. The van der Waals surface area contributed by atoms with Gasteiger partial charge in [-0.25, -0.2) is 15.0 Å². The highest BCUT2D eigenvalue weighted by Crippen LogP contribution is 2.58. The molecule has 2 aromatic heterocycles. The van der Waals surface area contributed by atoms with Crippen molar-refractivity contribution in [3.8, 4) is 17.0 Å². The van der Waals surface area contributed by atoms with E-state index in [0.717, 1.165) is 37.4 Å². The predicted molar refractivity (Wildman–Crippen MR) is 111 cm³/mol. The number of nitrogens with zero attached hydrogens (tertiary/aromatic N) is 4. The lowest BCUT2D eigenvalue weighted by molar-refractivity contribution is -0.0494. The Kier molecular flexibility index (Phi) is 4.86. The minimum absolute atomic E-state index is 0.0793. The van der Waals surface area contributed by atoms with Gasteiger partial charge in [-0.2, -0.15) is 8.78 Å². The van der Waals surface area contributed by atoms with E-state index in [9.17, 15) is 13.9 Å². The van der Waals surface area contributed by atoms with Gasteiger partial charge in [0.2, 0.25) is 0 Å². The zero-order chi connectivity index (χ0) is 21.9. The van der Waals surface area contributed by atoms with Crippen LogP contribution in [-0.2, 0) is 0 Å². The van der Waals surface area contributed by atoms with Crippen LogP contribution in [0.4, 0.5) is 14.6 Å². The van der Waals surface area contributed by atoms with Gasteiger partial charge in [-0.3, -0.25) is 4.90 Å². The van der Waals surface area contributed by atoms with E-state index in [2.05, 4.69) is 14.6 Å². The van der Waals surface area contributed by atoms with Crippen LogP contribution in [0.15, 0.2) is 18.3 Å². The molecule has 3 aliphatic rings. The number of piperidine rings is 1. The molecule has 166 valence electrons. The topological polar surface area (TPSA) is 97.4 Å². The number of nitrogen functional groups attached to an aromatic ring is 1. The standard InChI is InChI=1S/C22H27F2N5O2/c1-22(2,30)10-29-8-13-14(9-29)18(13)16-6-15(27-20(28-16)11-3-4-11)12-5-17(31-21(23)24)19(25)26-7-12/h5-7,11,13-14,18,21,30H,3-4,8-10H2,1-2H3,(H2,25,26)/t13-,14+,18+. The van der Waals surface area contributed by atoms with Gasteiger partial charge in [0.05, 0.1) is 11.3 Å². The van der Waals surface area contributed by atoms with Crippen molar-refractivity contribution in [1.82, 2.24) is 19.9 Å². The van der Waals surface area contributed by atoms with E-state index in [-0.39, 0.29) is 11.6 Å². The summed E-state index contributed by atoms with van der Waals surface area (Å²) in [6.45, 7) is 3.26. The number of β-amino-alcohol motifs (C(OH)–C–C–N with tert-alkyl or cyclic N) is 1. The molecule has 0 unspecified atom stereocenters. The van der Waals surface area contributed by atoms with Crippen molar-refractivity contribution in [2.24, 2.45) is 11.8 Å². The molecule has 0 radical (unpaired) electrons. The molecule has 3 atom stereocenters. The minimum atomic E-state index is -2.97. The van der Waals surface area contributed by atoms with E-state index >= 15 is 0 Å². The smallest absolute Gasteiger partial charge is 0.387 e. The summed E-state index contributed by atoms with van der Waals surface area (Å²) in [5, 5.41) is 10.1. The molecule has 0 aromatic carbocycles. The molecule has 3 heterocycles. The average molecular weight is 431 g/mol. The van der Waals surface area contributed by atoms with Crippen molar-refractivity contribution in [2.75, 3.05) is 25.4 Å². The van der Waals surface area contributed by atoms with Gasteiger partial charge in [-0.05, 0) is 50.7 Å². The zero-order valence-electron chi connectivity index (χ0n) is 17.6. The van der Waals surface area contributed by atoms with Crippen LogP contribution < -0.4 is 10.5 Å². The highest BCUT2D eigenvalue weighted by Gasteiger charge is 2.57. The highest BCUT2D eigenvalue weighted by atomic mass is 19.3. The lowest BCUT2D eigenvalue weighted by atomic mass is 10.1. The second-order valence-electron chi connectivity index (χ2n) is 9.66. The Labute approximate surface area is 179 Å². The van der Waals surface area contributed by atoms with Crippen molar-refractivity contribution >= 4 is 5.82 Å². The molecule has 1 aliphatic heterocycles. The number of hydrogen-bond acceptors (Lipinski definition) is 7. The first kappa shape index (κ1) is 20.5. The minimum Gasteiger partial charge on any atom is -0.431 e. The van der Waals surface area contributed by atoms with Crippen molar-refractivity contribution in [3.05, 3.63) is 29.8 Å². The predicted octanol–water partition coefficient (Wildman–Crippen LogP) is 3.02. The number of nitrogens with two attached hydrogens (primary N) is 1. The second kappa shape index (κ2) is 7.34. The second-order valence-corrected chi connectivity index (χ2v) is 9.66. The number of rotatable bonds is 7. The molecule has 2 saturated carbocycles. The fraction of sp³-hybridized carbons (Fsp3) is 0.591. The van der Waals surface area contributed by atoms with E-state index in [4.69, 9.17) is 15.7 Å². The molecule has 1 saturated heterocycles. The molecule has 3 N–H and O–H groups in total. The van der Waals surface area contributed by atoms with Gasteiger partial charge in [-0.15, -0.1) is 0 Å². The third-order valence-corrected chi connectivity index (χ3v) is 6.32.